The van der Waals surface area contributed by atoms with Crippen LogP contribution in [-0.4, -0.2) is 11.7 Å². The quantitative estimate of drug-likeness (QED) is 0.854. The predicted octanol–water partition coefficient (Wildman–Crippen LogP) is 3.94. The lowest BCUT2D eigenvalue weighted by Crippen LogP contribution is -2.23. The second-order valence-electron chi connectivity index (χ2n) is 4.20. The summed E-state index contributed by atoms with van der Waals surface area (Å²) in [5, 5.41) is 10.7. The van der Waals surface area contributed by atoms with Gasteiger partial charge in [-0.15, -0.1) is 0 Å². The largest absolute Gasteiger partial charge is 0.396 e. The fraction of sp³-hybridized carbons (Fsp3) is 0.500. The van der Waals surface area contributed by atoms with Crippen LogP contribution < -0.4 is 0 Å². The average molecular weight is 247 g/mol. The Bertz CT molecular complexity index is 312. The molecule has 0 spiro atoms. The molecule has 1 nitrogen and oxygen atoms in total. The number of hydrogen-bond donors (Lipinski definition) is 1. The lowest BCUT2D eigenvalue weighted by Gasteiger charge is -2.26. The third-order valence-electron chi connectivity index (χ3n) is 2.90. The first-order chi connectivity index (χ1) is 7.02. The highest BCUT2D eigenvalue weighted by molar-refractivity contribution is 6.35. The maximum atomic E-state index is 9.34. The molecule has 0 saturated carbocycles. The summed E-state index contributed by atoms with van der Waals surface area (Å²) in [6.45, 7) is 4.23. The number of rotatable bonds is 4. The molecule has 0 aromatic heterocycles. The van der Waals surface area contributed by atoms with E-state index < -0.39 is 0 Å². The highest BCUT2D eigenvalue weighted by atomic mass is 35.5. The van der Waals surface area contributed by atoms with Crippen molar-refractivity contribution in [2.75, 3.05) is 6.61 Å². The van der Waals surface area contributed by atoms with Gasteiger partial charge >= 0.3 is 0 Å². The van der Waals surface area contributed by atoms with E-state index in [0.717, 1.165) is 12.0 Å². The maximum absolute atomic E-state index is 9.34. The molecule has 0 aliphatic carbocycles. The van der Waals surface area contributed by atoms with Gasteiger partial charge in [-0.3, -0.25) is 0 Å². The lowest BCUT2D eigenvalue weighted by molar-refractivity contribution is 0.138. The van der Waals surface area contributed by atoms with Crippen molar-refractivity contribution >= 4 is 23.2 Å². The van der Waals surface area contributed by atoms with E-state index in [-0.39, 0.29) is 12.0 Å². The molecule has 0 amide bonds. The lowest BCUT2D eigenvalue weighted by atomic mass is 9.82. The summed E-state index contributed by atoms with van der Waals surface area (Å²) in [4.78, 5) is 0. The molecular weight excluding hydrogens is 231 g/mol. The zero-order valence-corrected chi connectivity index (χ0v) is 10.6. The van der Waals surface area contributed by atoms with Crippen molar-refractivity contribution < 1.29 is 5.11 Å². The monoisotopic (exact) mass is 246 g/mol. The van der Waals surface area contributed by atoms with Crippen LogP contribution in [0.25, 0.3) is 0 Å². The smallest absolute Gasteiger partial charge is 0.0487 e. The number of aliphatic hydroxyl groups excluding tert-OH is 1. The second-order valence-corrected chi connectivity index (χ2v) is 5.01. The Labute approximate surface area is 101 Å². The molecule has 0 aliphatic heterocycles. The van der Waals surface area contributed by atoms with Gasteiger partial charge in [0.25, 0.3) is 0 Å². The number of halogens is 2. The van der Waals surface area contributed by atoms with Gasteiger partial charge in [0.2, 0.25) is 0 Å². The first-order valence-electron chi connectivity index (χ1n) is 5.06. The van der Waals surface area contributed by atoms with E-state index in [4.69, 9.17) is 23.2 Å². The summed E-state index contributed by atoms with van der Waals surface area (Å²) in [6, 6.07) is 5.49. The number of benzene rings is 1. The molecule has 0 saturated heterocycles. The molecule has 3 heteroatoms. The minimum atomic E-state index is -0.144. The molecular formula is C12H16Cl2O. The fourth-order valence-corrected chi connectivity index (χ4v) is 1.95. The molecule has 1 unspecified atom stereocenters. The zero-order valence-electron chi connectivity index (χ0n) is 9.06. The van der Waals surface area contributed by atoms with Crippen molar-refractivity contribution in [1.82, 2.24) is 0 Å². The minimum Gasteiger partial charge on any atom is -0.396 e. The van der Waals surface area contributed by atoms with Gasteiger partial charge in [0, 0.05) is 16.7 Å². The van der Waals surface area contributed by atoms with Gasteiger partial charge in [0.1, 0.15) is 0 Å². The van der Waals surface area contributed by atoms with Crippen molar-refractivity contribution in [2.45, 2.75) is 26.7 Å². The molecule has 1 rings (SSSR count). The first kappa shape index (κ1) is 12.8. The first-order valence-corrected chi connectivity index (χ1v) is 5.82. The minimum absolute atomic E-state index is 0.144. The molecule has 0 radical (unpaired) electrons. The molecule has 1 aromatic carbocycles. The standard InChI is InChI=1S/C12H16Cl2O/c1-3-12(2,8-15)7-9-10(13)5-4-6-11(9)14/h4-6,15H,3,7-8H2,1-2H3. The second kappa shape index (κ2) is 5.20. The molecule has 1 aromatic rings. The van der Waals surface area contributed by atoms with Gasteiger partial charge in [-0.05, 0) is 36.0 Å². The van der Waals surface area contributed by atoms with Gasteiger partial charge in [-0.2, -0.15) is 0 Å². The third kappa shape index (κ3) is 3.10. The van der Waals surface area contributed by atoms with Gasteiger partial charge in [-0.1, -0.05) is 43.1 Å². The molecule has 0 heterocycles. The van der Waals surface area contributed by atoms with E-state index in [1.807, 2.05) is 25.1 Å². The van der Waals surface area contributed by atoms with Crippen LogP contribution in [0, 0.1) is 5.41 Å². The molecule has 84 valence electrons. The van der Waals surface area contributed by atoms with E-state index in [1.54, 1.807) is 0 Å². The average Bonchev–Trinajstić information content (AvgIpc) is 2.23. The highest BCUT2D eigenvalue weighted by Gasteiger charge is 2.23. The summed E-state index contributed by atoms with van der Waals surface area (Å²) in [6.07, 6.45) is 1.60. The summed E-state index contributed by atoms with van der Waals surface area (Å²) in [5.74, 6) is 0. The molecule has 1 N–H and O–H groups in total. The van der Waals surface area contributed by atoms with E-state index in [0.29, 0.717) is 16.5 Å². The van der Waals surface area contributed by atoms with Gasteiger partial charge in [-0.25, -0.2) is 0 Å². The predicted molar refractivity (Wildman–Crippen MR) is 65.6 cm³/mol. The van der Waals surface area contributed by atoms with Crippen LogP contribution >= 0.6 is 23.2 Å². The van der Waals surface area contributed by atoms with Gasteiger partial charge < -0.3 is 5.11 Å². The van der Waals surface area contributed by atoms with Crippen LogP contribution in [0.5, 0.6) is 0 Å². The van der Waals surface area contributed by atoms with E-state index >= 15 is 0 Å². The molecule has 0 bridgehead atoms. The SMILES string of the molecule is CCC(C)(CO)Cc1c(Cl)cccc1Cl. The topological polar surface area (TPSA) is 20.2 Å². The Hall–Kier alpha value is -0.240. The van der Waals surface area contributed by atoms with Crippen molar-refractivity contribution in [2.24, 2.45) is 5.41 Å². The van der Waals surface area contributed by atoms with Crippen LogP contribution in [0.2, 0.25) is 10.0 Å². The Morgan fingerprint density at radius 2 is 1.80 bits per heavy atom. The summed E-state index contributed by atoms with van der Waals surface area (Å²) < 4.78 is 0. The Balaban J connectivity index is 2.98. The fourth-order valence-electron chi connectivity index (χ4n) is 1.42. The van der Waals surface area contributed by atoms with Crippen LogP contribution in [-0.2, 0) is 6.42 Å². The van der Waals surface area contributed by atoms with Crippen LogP contribution in [0.4, 0.5) is 0 Å². The van der Waals surface area contributed by atoms with Crippen LogP contribution in [0.3, 0.4) is 0 Å². The van der Waals surface area contributed by atoms with Crippen LogP contribution in [0.1, 0.15) is 25.8 Å². The molecule has 1 atom stereocenters. The number of aliphatic hydroxyl groups is 1. The normalized spacial score (nSPS) is 15.0. The Morgan fingerprint density at radius 1 is 1.27 bits per heavy atom. The maximum Gasteiger partial charge on any atom is 0.0487 e. The van der Waals surface area contributed by atoms with Crippen molar-refractivity contribution in [3.8, 4) is 0 Å². The Kier molecular flexibility index (Phi) is 4.45. The van der Waals surface area contributed by atoms with Crippen LogP contribution in [0.15, 0.2) is 18.2 Å². The molecule has 0 aliphatic rings. The van der Waals surface area contributed by atoms with Crippen molar-refractivity contribution in [1.29, 1.82) is 0 Å². The molecule has 0 fully saturated rings. The summed E-state index contributed by atoms with van der Waals surface area (Å²) >= 11 is 12.2. The van der Waals surface area contributed by atoms with Crippen molar-refractivity contribution in [3.63, 3.8) is 0 Å². The van der Waals surface area contributed by atoms with E-state index in [9.17, 15) is 5.11 Å². The van der Waals surface area contributed by atoms with Crippen molar-refractivity contribution in [3.05, 3.63) is 33.8 Å². The van der Waals surface area contributed by atoms with E-state index in [1.165, 1.54) is 0 Å². The molecule has 15 heavy (non-hydrogen) atoms. The zero-order chi connectivity index (χ0) is 11.5. The van der Waals surface area contributed by atoms with Gasteiger partial charge in [0.15, 0.2) is 0 Å². The van der Waals surface area contributed by atoms with E-state index in [2.05, 4.69) is 6.92 Å². The highest BCUT2D eigenvalue weighted by Crippen LogP contribution is 2.33. The third-order valence-corrected chi connectivity index (χ3v) is 3.61. The Morgan fingerprint density at radius 3 is 2.20 bits per heavy atom. The number of hydrogen-bond acceptors (Lipinski definition) is 1. The summed E-state index contributed by atoms with van der Waals surface area (Å²) in [5.41, 5.74) is 0.786. The summed E-state index contributed by atoms with van der Waals surface area (Å²) in [7, 11) is 0. The van der Waals surface area contributed by atoms with Gasteiger partial charge in [0.05, 0.1) is 0 Å².